The topological polar surface area (TPSA) is 90.9 Å². The van der Waals surface area contributed by atoms with E-state index >= 15 is 0 Å². The molecule has 130 valence electrons. The molecule has 7 heteroatoms. The van der Waals surface area contributed by atoms with Gasteiger partial charge < -0.3 is 14.2 Å². The highest BCUT2D eigenvalue weighted by Gasteiger charge is 2.16. The largest absolute Gasteiger partial charge is 0.459 e. The molecule has 0 aliphatic heterocycles. The Kier molecular flexibility index (Phi) is 6.98. The summed E-state index contributed by atoms with van der Waals surface area (Å²) < 4.78 is 14.8. The average molecular weight is 335 g/mol. The zero-order valence-electron chi connectivity index (χ0n) is 14.0. The lowest BCUT2D eigenvalue weighted by Gasteiger charge is -2.19. The molecule has 0 aromatic heterocycles. The van der Waals surface area contributed by atoms with Crippen LogP contribution in [0.15, 0.2) is 36.9 Å². The maximum Gasteiger partial charge on any atom is 0.412 e. The fourth-order valence-corrected chi connectivity index (χ4v) is 1.53. The summed E-state index contributed by atoms with van der Waals surface area (Å²) in [6.07, 6.45) is 0.444. The lowest BCUT2D eigenvalue weighted by Crippen LogP contribution is -2.27. The van der Waals surface area contributed by atoms with Crippen molar-refractivity contribution in [3.05, 3.63) is 42.5 Å². The van der Waals surface area contributed by atoms with Gasteiger partial charge in [-0.3, -0.25) is 5.32 Å². The highest BCUT2D eigenvalue weighted by molar-refractivity contribution is 5.91. The number of carbonyl (C=O) groups is 3. The van der Waals surface area contributed by atoms with Gasteiger partial charge in [0.1, 0.15) is 18.8 Å². The van der Waals surface area contributed by atoms with Crippen molar-refractivity contribution in [3.8, 4) is 0 Å². The highest BCUT2D eigenvalue weighted by Crippen LogP contribution is 2.13. The third-order valence-corrected chi connectivity index (χ3v) is 2.49. The zero-order chi connectivity index (χ0) is 18.2. The predicted octanol–water partition coefficient (Wildman–Crippen LogP) is 2.92. The lowest BCUT2D eigenvalue weighted by atomic mass is 10.2. The maximum absolute atomic E-state index is 11.8. The summed E-state index contributed by atoms with van der Waals surface area (Å²) in [6.45, 7) is 8.43. The van der Waals surface area contributed by atoms with E-state index in [2.05, 4.69) is 16.6 Å². The van der Waals surface area contributed by atoms with Gasteiger partial charge in [-0.15, -0.1) is 0 Å². The van der Waals surface area contributed by atoms with Gasteiger partial charge >= 0.3 is 18.0 Å². The molecule has 1 aromatic rings. The van der Waals surface area contributed by atoms with E-state index in [0.29, 0.717) is 11.3 Å². The summed E-state index contributed by atoms with van der Waals surface area (Å²) in [4.78, 5) is 34.2. The number of esters is 2. The van der Waals surface area contributed by atoms with Gasteiger partial charge in [0.25, 0.3) is 0 Å². The van der Waals surface area contributed by atoms with Crippen LogP contribution in [0.5, 0.6) is 0 Å². The van der Waals surface area contributed by atoms with Crippen molar-refractivity contribution < 1.29 is 28.6 Å². The molecule has 0 saturated heterocycles. The molecule has 0 radical (unpaired) electrons. The van der Waals surface area contributed by atoms with Crippen molar-refractivity contribution in [1.29, 1.82) is 0 Å². The number of rotatable bonds is 6. The van der Waals surface area contributed by atoms with E-state index in [9.17, 15) is 14.4 Å². The maximum atomic E-state index is 11.8. The van der Waals surface area contributed by atoms with E-state index in [0.717, 1.165) is 6.08 Å². The third-order valence-electron chi connectivity index (χ3n) is 2.49. The van der Waals surface area contributed by atoms with Crippen LogP contribution in [-0.4, -0.2) is 36.8 Å². The summed E-state index contributed by atoms with van der Waals surface area (Å²) in [5.74, 6) is -1.14. The highest BCUT2D eigenvalue weighted by atomic mass is 16.6. The first-order chi connectivity index (χ1) is 11.2. The monoisotopic (exact) mass is 335 g/mol. The van der Waals surface area contributed by atoms with Gasteiger partial charge in [0.2, 0.25) is 0 Å². The minimum absolute atomic E-state index is 0.0467. The smallest absolute Gasteiger partial charge is 0.412 e. The number of carbonyl (C=O) groups excluding carboxylic acids is 3. The lowest BCUT2D eigenvalue weighted by molar-refractivity contribution is -0.138. The first-order valence-electron chi connectivity index (χ1n) is 7.27. The van der Waals surface area contributed by atoms with Crippen molar-refractivity contribution in [3.63, 3.8) is 0 Å². The van der Waals surface area contributed by atoms with Gasteiger partial charge in [0.05, 0.1) is 5.56 Å². The standard InChI is InChI=1S/C17H21NO6/c1-5-14(19)22-10-11-23-15(20)12-6-8-13(9-7-12)18-16(21)24-17(2,3)4/h5-9H,1,10-11H2,2-4H3,(H,18,21). The predicted molar refractivity (Wildman–Crippen MR) is 87.7 cm³/mol. The molecule has 24 heavy (non-hydrogen) atoms. The Bertz CT molecular complexity index is 601. The number of amides is 1. The van der Waals surface area contributed by atoms with Gasteiger partial charge in [-0.2, -0.15) is 0 Å². The fourth-order valence-electron chi connectivity index (χ4n) is 1.53. The van der Waals surface area contributed by atoms with Gasteiger partial charge in [-0.05, 0) is 45.0 Å². The quantitative estimate of drug-likeness (QED) is 0.372. The number of benzene rings is 1. The Morgan fingerprint density at radius 3 is 2.21 bits per heavy atom. The van der Waals surface area contributed by atoms with Crippen molar-refractivity contribution >= 4 is 23.7 Å². The number of nitrogens with one attached hydrogen (secondary N) is 1. The summed E-state index contributed by atoms with van der Waals surface area (Å²) in [5, 5.41) is 2.56. The zero-order valence-corrected chi connectivity index (χ0v) is 14.0. The van der Waals surface area contributed by atoms with Crippen molar-refractivity contribution in [1.82, 2.24) is 0 Å². The van der Waals surface area contributed by atoms with Crippen LogP contribution in [0.4, 0.5) is 10.5 Å². The second-order valence-corrected chi connectivity index (χ2v) is 5.71. The minimum Gasteiger partial charge on any atom is -0.459 e. The fraction of sp³-hybridized carbons (Fsp3) is 0.353. The molecule has 0 heterocycles. The first-order valence-corrected chi connectivity index (χ1v) is 7.27. The van der Waals surface area contributed by atoms with Crippen LogP contribution in [0.2, 0.25) is 0 Å². The Labute approximate surface area is 140 Å². The molecule has 0 aliphatic rings. The Balaban J connectivity index is 2.46. The van der Waals surface area contributed by atoms with Crippen molar-refractivity contribution in [2.24, 2.45) is 0 Å². The number of hydrogen-bond acceptors (Lipinski definition) is 6. The molecular weight excluding hydrogens is 314 g/mol. The van der Waals surface area contributed by atoms with Gasteiger partial charge in [0.15, 0.2) is 0 Å². The summed E-state index contributed by atoms with van der Waals surface area (Å²) in [6, 6.07) is 6.12. The van der Waals surface area contributed by atoms with E-state index in [1.54, 1.807) is 32.9 Å². The summed E-state index contributed by atoms with van der Waals surface area (Å²) in [5.41, 5.74) is 0.198. The van der Waals surface area contributed by atoms with Gasteiger partial charge in [-0.25, -0.2) is 14.4 Å². The Morgan fingerprint density at radius 1 is 1.08 bits per heavy atom. The first kappa shape index (κ1) is 19.2. The number of anilines is 1. The molecule has 1 rings (SSSR count). The molecule has 0 bridgehead atoms. The molecular formula is C17H21NO6. The van der Waals surface area contributed by atoms with E-state index in [1.165, 1.54) is 12.1 Å². The Morgan fingerprint density at radius 2 is 1.67 bits per heavy atom. The molecule has 0 unspecified atom stereocenters. The van der Waals surface area contributed by atoms with E-state index in [1.807, 2.05) is 0 Å². The molecule has 0 atom stereocenters. The van der Waals surface area contributed by atoms with E-state index < -0.39 is 23.6 Å². The van der Waals surface area contributed by atoms with Crippen LogP contribution in [0.25, 0.3) is 0 Å². The van der Waals surface area contributed by atoms with Crippen LogP contribution in [0, 0.1) is 0 Å². The SMILES string of the molecule is C=CC(=O)OCCOC(=O)c1ccc(NC(=O)OC(C)(C)C)cc1. The van der Waals surface area contributed by atoms with Crippen molar-refractivity contribution in [2.45, 2.75) is 26.4 Å². The van der Waals surface area contributed by atoms with Gasteiger partial charge in [0, 0.05) is 11.8 Å². The summed E-state index contributed by atoms with van der Waals surface area (Å²) >= 11 is 0. The summed E-state index contributed by atoms with van der Waals surface area (Å²) in [7, 11) is 0. The molecule has 7 nitrogen and oxygen atoms in total. The second kappa shape index (κ2) is 8.71. The van der Waals surface area contributed by atoms with Crippen LogP contribution >= 0.6 is 0 Å². The molecule has 1 N–H and O–H groups in total. The van der Waals surface area contributed by atoms with Crippen molar-refractivity contribution in [2.75, 3.05) is 18.5 Å². The normalized spacial score (nSPS) is 10.5. The third kappa shape index (κ3) is 7.44. The van der Waals surface area contributed by atoms with E-state index in [-0.39, 0.29) is 13.2 Å². The van der Waals surface area contributed by atoms with Crippen LogP contribution in [0.3, 0.4) is 0 Å². The van der Waals surface area contributed by atoms with Crippen LogP contribution in [0.1, 0.15) is 31.1 Å². The average Bonchev–Trinajstić information content (AvgIpc) is 2.49. The van der Waals surface area contributed by atoms with E-state index in [4.69, 9.17) is 9.47 Å². The van der Waals surface area contributed by atoms with Gasteiger partial charge in [-0.1, -0.05) is 6.58 Å². The van der Waals surface area contributed by atoms with Crippen LogP contribution < -0.4 is 5.32 Å². The molecule has 0 fully saturated rings. The molecule has 0 aliphatic carbocycles. The second-order valence-electron chi connectivity index (χ2n) is 5.71. The van der Waals surface area contributed by atoms with Crippen LogP contribution in [-0.2, 0) is 19.0 Å². The number of ether oxygens (including phenoxy) is 3. The molecule has 0 spiro atoms. The molecule has 1 aromatic carbocycles. The number of hydrogen-bond donors (Lipinski definition) is 1. The minimum atomic E-state index is -0.594. The molecule has 0 saturated carbocycles. The Hall–Kier alpha value is -2.83. The molecule has 1 amide bonds.